The molecule has 2 aromatic rings. The van der Waals surface area contributed by atoms with E-state index in [2.05, 4.69) is 35.0 Å². The summed E-state index contributed by atoms with van der Waals surface area (Å²) >= 11 is 0. The van der Waals surface area contributed by atoms with E-state index in [1.807, 2.05) is 11.6 Å². The number of nitriles is 1. The van der Waals surface area contributed by atoms with Gasteiger partial charge in [-0.2, -0.15) is 10.2 Å². The number of imidazole rings is 1. The molecule has 0 saturated heterocycles. The monoisotopic (exact) mass is 259 g/mol. The van der Waals surface area contributed by atoms with Crippen LogP contribution in [0.4, 0.5) is 0 Å². The first kappa shape index (κ1) is 13.3. The van der Waals surface area contributed by atoms with E-state index in [0.717, 1.165) is 12.1 Å². The van der Waals surface area contributed by atoms with Crippen LogP contribution < -0.4 is 0 Å². The van der Waals surface area contributed by atoms with E-state index in [1.54, 1.807) is 12.5 Å². The lowest BCUT2D eigenvalue weighted by Crippen LogP contribution is -2.18. The molecule has 2 heterocycles. The molecule has 1 atom stereocenters. The minimum Gasteiger partial charge on any atom is -0.339 e. The zero-order valence-electron chi connectivity index (χ0n) is 11.4. The van der Waals surface area contributed by atoms with E-state index in [1.165, 1.54) is 0 Å². The summed E-state index contributed by atoms with van der Waals surface area (Å²) in [6.07, 6.45) is 5.37. The second kappa shape index (κ2) is 5.22. The van der Waals surface area contributed by atoms with Crippen LogP contribution in [0.1, 0.15) is 32.6 Å². The molecule has 0 aliphatic carbocycles. The van der Waals surface area contributed by atoms with Crippen molar-refractivity contribution in [2.45, 2.75) is 33.1 Å². The zero-order valence-corrected chi connectivity index (χ0v) is 11.4. The maximum Gasteiger partial charge on any atom is 0.227 e. The Morgan fingerprint density at radius 1 is 1.53 bits per heavy atom. The fourth-order valence-corrected chi connectivity index (χ4v) is 1.87. The van der Waals surface area contributed by atoms with Gasteiger partial charge in [0.2, 0.25) is 11.7 Å². The number of aryl methyl sites for hydroxylation is 1. The Morgan fingerprint density at radius 3 is 2.89 bits per heavy atom. The topological polar surface area (TPSA) is 80.5 Å². The van der Waals surface area contributed by atoms with Crippen molar-refractivity contribution in [3.05, 3.63) is 18.4 Å². The van der Waals surface area contributed by atoms with Gasteiger partial charge in [0, 0.05) is 19.9 Å². The van der Waals surface area contributed by atoms with E-state index >= 15 is 0 Å². The van der Waals surface area contributed by atoms with E-state index < -0.39 is 0 Å². The number of aromatic nitrogens is 4. The Hall–Kier alpha value is -2.16. The predicted molar refractivity (Wildman–Crippen MR) is 68.8 cm³/mol. The van der Waals surface area contributed by atoms with Crippen molar-refractivity contribution in [3.63, 3.8) is 0 Å². The molecule has 0 fully saturated rings. The van der Waals surface area contributed by atoms with Crippen molar-refractivity contribution >= 4 is 0 Å². The highest BCUT2D eigenvalue weighted by Gasteiger charge is 2.26. The van der Waals surface area contributed by atoms with Gasteiger partial charge in [0.1, 0.15) is 5.69 Å². The van der Waals surface area contributed by atoms with E-state index in [4.69, 9.17) is 9.78 Å². The molecule has 0 aliphatic heterocycles. The Labute approximate surface area is 112 Å². The molecular weight excluding hydrogens is 242 g/mol. The van der Waals surface area contributed by atoms with Gasteiger partial charge in [-0.1, -0.05) is 19.0 Å². The maximum absolute atomic E-state index is 8.87. The standard InChI is InChI=1S/C13H17N5O/c1-4-13(2,5-6-14)7-11-16-12(17-19-11)10-8-15-9-18(10)3/h8-9H,4-5,7H2,1-3H3. The normalized spacial score (nSPS) is 14.0. The summed E-state index contributed by atoms with van der Waals surface area (Å²) in [6.45, 7) is 4.12. The van der Waals surface area contributed by atoms with Gasteiger partial charge >= 0.3 is 0 Å². The first-order valence-corrected chi connectivity index (χ1v) is 6.24. The third kappa shape index (κ3) is 2.81. The largest absolute Gasteiger partial charge is 0.339 e. The summed E-state index contributed by atoms with van der Waals surface area (Å²) in [5, 5.41) is 12.8. The summed E-state index contributed by atoms with van der Waals surface area (Å²) in [4.78, 5) is 8.41. The van der Waals surface area contributed by atoms with Gasteiger partial charge in [-0.3, -0.25) is 0 Å². The fraction of sp³-hybridized carbons (Fsp3) is 0.538. The van der Waals surface area contributed by atoms with Gasteiger partial charge in [-0.05, 0) is 11.8 Å². The van der Waals surface area contributed by atoms with Crippen molar-refractivity contribution < 1.29 is 4.52 Å². The first-order chi connectivity index (χ1) is 9.08. The first-order valence-electron chi connectivity index (χ1n) is 6.24. The summed E-state index contributed by atoms with van der Waals surface area (Å²) in [6, 6.07) is 2.22. The smallest absolute Gasteiger partial charge is 0.227 e. The average Bonchev–Trinajstić information content (AvgIpc) is 2.98. The molecule has 0 N–H and O–H groups in total. The molecule has 2 aromatic heterocycles. The summed E-state index contributed by atoms with van der Waals surface area (Å²) in [5.41, 5.74) is 0.693. The fourth-order valence-electron chi connectivity index (χ4n) is 1.87. The van der Waals surface area contributed by atoms with Crippen LogP contribution in [0.3, 0.4) is 0 Å². The van der Waals surface area contributed by atoms with Crippen LogP contribution in [0.15, 0.2) is 17.0 Å². The minimum atomic E-state index is -0.120. The zero-order chi connectivity index (χ0) is 13.9. The molecule has 0 amide bonds. The van der Waals surface area contributed by atoms with Gasteiger partial charge in [0.05, 0.1) is 18.6 Å². The SMILES string of the molecule is CCC(C)(CC#N)Cc1nc(-c2cncn2C)no1. The molecule has 0 aliphatic rings. The van der Waals surface area contributed by atoms with Crippen molar-refractivity contribution in [2.75, 3.05) is 0 Å². The molecule has 1 unspecified atom stereocenters. The number of rotatable bonds is 5. The third-order valence-corrected chi connectivity index (χ3v) is 3.45. The molecular formula is C13H17N5O. The molecule has 6 heteroatoms. The molecule has 0 saturated carbocycles. The lowest BCUT2D eigenvalue weighted by molar-refractivity contribution is 0.266. The second-order valence-corrected chi connectivity index (χ2v) is 5.08. The van der Waals surface area contributed by atoms with Gasteiger partial charge in [0.15, 0.2) is 0 Å². The highest BCUT2D eigenvalue weighted by Crippen LogP contribution is 2.30. The van der Waals surface area contributed by atoms with Crippen molar-refractivity contribution in [2.24, 2.45) is 12.5 Å². The third-order valence-electron chi connectivity index (χ3n) is 3.45. The van der Waals surface area contributed by atoms with Crippen LogP contribution in [0.5, 0.6) is 0 Å². The number of nitrogens with zero attached hydrogens (tertiary/aromatic N) is 5. The molecule has 19 heavy (non-hydrogen) atoms. The van der Waals surface area contributed by atoms with Gasteiger partial charge in [-0.15, -0.1) is 0 Å². The Bertz CT molecular complexity index is 594. The van der Waals surface area contributed by atoms with Crippen LogP contribution in [-0.4, -0.2) is 19.7 Å². The number of hydrogen-bond donors (Lipinski definition) is 0. The number of hydrogen-bond acceptors (Lipinski definition) is 5. The molecule has 0 bridgehead atoms. The van der Waals surface area contributed by atoms with Crippen LogP contribution in [0.2, 0.25) is 0 Å². The summed E-state index contributed by atoms with van der Waals surface area (Å²) in [5.74, 6) is 1.10. The van der Waals surface area contributed by atoms with E-state index in [0.29, 0.717) is 24.6 Å². The quantitative estimate of drug-likeness (QED) is 0.823. The Balaban J connectivity index is 2.18. The van der Waals surface area contributed by atoms with Crippen LogP contribution in [0, 0.1) is 16.7 Å². The Morgan fingerprint density at radius 2 is 2.32 bits per heavy atom. The van der Waals surface area contributed by atoms with E-state index in [-0.39, 0.29) is 5.41 Å². The predicted octanol–water partition coefficient (Wildman–Crippen LogP) is 2.34. The highest BCUT2D eigenvalue weighted by atomic mass is 16.5. The molecule has 0 radical (unpaired) electrons. The van der Waals surface area contributed by atoms with Crippen LogP contribution >= 0.6 is 0 Å². The van der Waals surface area contributed by atoms with Gasteiger partial charge in [-0.25, -0.2) is 4.98 Å². The molecule has 6 nitrogen and oxygen atoms in total. The average molecular weight is 259 g/mol. The molecule has 2 rings (SSSR count). The van der Waals surface area contributed by atoms with E-state index in [9.17, 15) is 0 Å². The van der Waals surface area contributed by atoms with Crippen molar-refractivity contribution in [3.8, 4) is 17.6 Å². The Kier molecular flexibility index (Phi) is 3.65. The van der Waals surface area contributed by atoms with Gasteiger partial charge in [0.25, 0.3) is 0 Å². The van der Waals surface area contributed by atoms with Crippen LogP contribution in [-0.2, 0) is 13.5 Å². The van der Waals surface area contributed by atoms with Crippen molar-refractivity contribution in [1.29, 1.82) is 5.26 Å². The molecule has 100 valence electrons. The second-order valence-electron chi connectivity index (χ2n) is 5.08. The highest BCUT2D eigenvalue weighted by molar-refractivity contribution is 5.47. The van der Waals surface area contributed by atoms with Gasteiger partial charge < -0.3 is 9.09 Å². The summed E-state index contributed by atoms with van der Waals surface area (Å²) in [7, 11) is 1.88. The lowest BCUT2D eigenvalue weighted by atomic mass is 9.81. The minimum absolute atomic E-state index is 0.120. The summed E-state index contributed by atoms with van der Waals surface area (Å²) < 4.78 is 7.11. The maximum atomic E-state index is 8.87. The van der Waals surface area contributed by atoms with Crippen molar-refractivity contribution in [1.82, 2.24) is 19.7 Å². The molecule has 0 aromatic carbocycles. The van der Waals surface area contributed by atoms with Crippen LogP contribution in [0.25, 0.3) is 11.5 Å². The lowest BCUT2D eigenvalue weighted by Gasteiger charge is -2.22. The molecule has 0 spiro atoms.